The fourth-order valence-corrected chi connectivity index (χ4v) is 3.65. The molecule has 0 unspecified atom stereocenters. The Balaban J connectivity index is 0.000000532. The van der Waals surface area contributed by atoms with E-state index in [0.717, 1.165) is 12.1 Å². The van der Waals surface area contributed by atoms with Crippen LogP contribution in [0.5, 0.6) is 0 Å². The van der Waals surface area contributed by atoms with Crippen LogP contribution < -0.4 is 10.2 Å². The van der Waals surface area contributed by atoms with Gasteiger partial charge in [-0.05, 0) is 36.4 Å². The summed E-state index contributed by atoms with van der Waals surface area (Å²) < 4.78 is 84.8. The number of hydrogen-bond donors (Lipinski definition) is 2. The molecule has 3 aromatic rings. The lowest BCUT2D eigenvalue weighted by molar-refractivity contribution is -0.192. The van der Waals surface area contributed by atoms with Gasteiger partial charge in [0.2, 0.25) is 0 Å². The van der Waals surface area contributed by atoms with E-state index in [2.05, 4.69) is 21.4 Å². The second kappa shape index (κ2) is 12.6. The fraction of sp³-hybridized carbons (Fsp3) is 0.333. The minimum Gasteiger partial charge on any atom is -0.475 e. The minimum absolute atomic E-state index is 0.243. The number of alkyl halides is 5. The van der Waals surface area contributed by atoms with Gasteiger partial charge in [-0.3, -0.25) is 4.90 Å². The van der Waals surface area contributed by atoms with Crippen LogP contribution in [-0.2, 0) is 11.3 Å². The molecule has 0 atom stereocenters. The van der Waals surface area contributed by atoms with Crippen molar-refractivity contribution in [3.8, 4) is 6.07 Å². The molecule has 0 saturated carbocycles. The van der Waals surface area contributed by atoms with Crippen LogP contribution in [0, 0.1) is 23.0 Å². The molecular weight excluding hydrogens is 537 g/mol. The van der Waals surface area contributed by atoms with Crippen LogP contribution in [0.4, 0.5) is 42.4 Å². The molecule has 208 valence electrons. The third-order valence-electron chi connectivity index (χ3n) is 5.51. The molecule has 1 fully saturated rings. The molecule has 1 aromatic heterocycles. The largest absolute Gasteiger partial charge is 0.490 e. The van der Waals surface area contributed by atoms with Crippen molar-refractivity contribution in [1.82, 2.24) is 14.9 Å². The molecule has 0 radical (unpaired) electrons. The zero-order chi connectivity index (χ0) is 28.7. The van der Waals surface area contributed by atoms with E-state index in [1.54, 1.807) is 18.2 Å². The maximum Gasteiger partial charge on any atom is 0.490 e. The van der Waals surface area contributed by atoms with Gasteiger partial charge >= 0.3 is 12.1 Å². The van der Waals surface area contributed by atoms with Gasteiger partial charge in [0.1, 0.15) is 11.6 Å². The highest BCUT2D eigenvalue weighted by Crippen LogP contribution is 2.27. The summed E-state index contributed by atoms with van der Waals surface area (Å²) in [5.41, 5.74) is 1.69. The maximum absolute atomic E-state index is 14.0. The van der Waals surface area contributed by atoms with Gasteiger partial charge in [-0.15, -0.1) is 0 Å². The number of aliphatic carboxylic acids is 1. The van der Waals surface area contributed by atoms with Crippen molar-refractivity contribution in [2.75, 3.05) is 42.9 Å². The number of nitrogens with one attached hydrogen (secondary N) is 1. The molecule has 1 aliphatic rings. The highest BCUT2D eigenvalue weighted by molar-refractivity contribution is 5.82. The molecule has 15 heteroatoms. The van der Waals surface area contributed by atoms with Gasteiger partial charge in [0, 0.05) is 38.3 Å². The molecule has 0 bridgehead atoms. The Morgan fingerprint density at radius 1 is 1.05 bits per heavy atom. The first kappa shape index (κ1) is 29.4. The second-order valence-electron chi connectivity index (χ2n) is 8.28. The average molecular weight is 558 g/mol. The van der Waals surface area contributed by atoms with Gasteiger partial charge in [0.25, 0.3) is 6.43 Å². The van der Waals surface area contributed by atoms with Gasteiger partial charge < -0.3 is 15.3 Å². The highest BCUT2D eigenvalue weighted by atomic mass is 19.4. The Labute approximate surface area is 217 Å². The lowest BCUT2D eigenvalue weighted by Gasteiger charge is -2.36. The first-order valence-electron chi connectivity index (χ1n) is 11.3. The average Bonchev–Trinajstić information content (AvgIpc) is 2.89. The number of fused-ring (bicyclic) bond motifs is 1. The van der Waals surface area contributed by atoms with Gasteiger partial charge in [0.15, 0.2) is 11.6 Å². The molecule has 1 aliphatic heterocycles. The minimum atomic E-state index is -5.08. The number of aromatic nitrogens is 2. The van der Waals surface area contributed by atoms with Gasteiger partial charge in [-0.2, -0.15) is 18.4 Å². The maximum atomic E-state index is 14.0. The number of benzene rings is 2. The lowest BCUT2D eigenvalue weighted by atomic mass is 10.1. The molecule has 2 N–H and O–H groups in total. The number of anilines is 2. The number of piperazine rings is 1. The first-order chi connectivity index (χ1) is 18.4. The number of hydrogen-bond acceptors (Lipinski definition) is 7. The lowest BCUT2D eigenvalue weighted by Crippen LogP contribution is -2.46. The van der Waals surface area contributed by atoms with Crippen molar-refractivity contribution in [3.05, 3.63) is 59.2 Å². The zero-order valence-corrected chi connectivity index (χ0v) is 20.0. The SMILES string of the molecule is N#Cc1ccc2nc(NCC(F)F)c(N3CCN(Cc4cc(F)ccc4F)CC3)nc2c1.O=C(O)C(F)(F)F. The van der Waals surface area contributed by atoms with Gasteiger partial charge in [-0.25, -0.2) is 32.3 Å². The van der Waals surface area contributed by atoms with E-state index in [1.165, 1.54) is 6.07 Å². The van der Waals surface area contributed by atoms with Crippen LogP contribution in [0.2, 0.25) is 0 Å². The number of nitriles is 1. The van der Waals surface area contributed by atoms with Crippen molar-refractivity contribution < 1.29 is 40.6 Å². The summed E-state index contributed by atoms with van der Waals surface area (Å²) in [6.45, 7) is 1.78. The molecule has 2 aromatic carbocycles. The normalized spacial score (nSPS) is 14.1. The van der Waals surface area contributed by atoms with E-state index >= 15 is 0 Å². The van der Waals surface area contributed by atoms with Crippen LogP contribution in [0.15, 0.2) is 36.4 Å². The summed E-state index contributed by atoms with van der Waals surface area (Å²) >= 11 is 0. The molecule has 39 heavy (non-hydrogen) atoms. The van der Waals surface area contributed by atoms with Crippen LogP contribution in [-0.4, -0.2) is 71.3 Å². The monoisotopic (exact) mass is 558 g/mol. The molecule has 1 saturated heterocycles. The van der Waals surface area contributed by atoms with Crippen LogP contribution in [0.1, 0.15) is 11.1 Å². The Hall–Kier alpha value is -4.19. The number of nitrogens with zero attached hydrogens (tertiary/aromatic N) is 5. The second-order valence-corrected chi connectivity index (χ2v) is 8.28. The molecule has 0 amide bonds. The molecule has 0 aliphatic carbocycles. The van der Waals surface area contributed by atoms with Crippen molar-refractivity contribution in [2.45, 2.75) is 19.1 Å². The fourth-order valence-electron chi connectivity index (χ4n) is 3.65. The van der Waals surface area contributed by atoms with E-state index in [0.29, 0.717) is 48.6 Å². The summed E-state index contributed by atoms with van der Waals surface area (Å²) in [5.74, 6) is -3.04. The smallest absolute Gasteiger partial charge is 0.475 e. The van der Waals surface area contributed by atoms with Gasteiger partial charge in [-0.1, -0.05) is 0 Å². The van der Waals surface area contributed by atoms with Crippen LogP contribution in [0.25, 0.3) is 11.0 Å². The highest BCUT2D eigenvalue weighted by Gasteiger charge is 2.38. The topological polar surface area (TPSA) is 105 Å². The Bertz CT molecular complexity index is 1360. The zero-order valence-electron chi connectivity index (χ0n) is 20.0. The Morgan fingerprint density at radius 2 is 1.72 bits per heavy atom. The standard InChI is InChI=1S/C22H20F4N6.C2HF3O2/c23-16-2-3-17(24)15(10-16)13-31-5-7-32(8-6-31)22-21(28-12-20(25)26)29-18-4-1-14(11-27)9-19(18)30-22;3-2(4,5)1(6)7/h1-4,9-10,20H,5-8,12-13H2,(H,28,29);(H,6,7). The van der Waals surface area contributed by atoms with E-state index in [9.17, 15) is 30.7 Å². The summed E-state index contributed by atoms with van der Waals surface area (Å²) in [6.07, 6.45) is -7.64. The third kappa shape index (κ3) is 8.14. The number of carboxylic acid groups (broad SMARTS) is 1. The molecular formula is C24H21F7N6O2. The summed E-state index contributed by atoms with van der Waals surface area (Å²) in [7, 11) is 0. The molecule has 0 spiro atoms. The number of halogens is 7. The predicted octanol–water partition coefficient (Wildman–Crippen LogP) is 4.41. The van der Waals surface area contributed by atoms with Crippen LogP contribution >= 0.6 is 0 Å². The summed E-state index contributed by atoms with van der Waals surface area (Å²) in [4.78, 5) is 21.8. The van der Waals surface area contributed by atoms with E-state index in [-0.39, 0.29) is 17.9 Å². The van der Waals surface area contributed by atoms with Crippen molar-refractivity contribution in [1.29, 1.82) is 5.26 Å². The Kier molecular flexibility index (Phi) is 9.47. The Morgan fingerprint density at radius 3 is 2.31 bits per heavy atom. The number of carboxylic acids is 1. The molecule has 4 rings (SSSR count). The quantitative estimate of drug-likeness (QED) is 0.429. The third-order valence-corrected chi connectivity index (χ3v) is 5.51. The van der Waals surface area contributed by atoms with E-state index in [4.69, 9.17) is 15.2 Å². The van der Waals surface area contributed by atoms with Crippen molar-refractivity contribution >= 4 is 28.6 Å². The first-order valence-corrected chi connectivity index (χ1v) is 11.3. The van der Waals surface area contributed by atoms with E-state index in [1.807, 2.05) is 9.80 Å². The number of rotatable bonds is 6. The van der Waals surface area contributed by atoms with E-state index < -0.39 is 36.8 Å². The van der Waals surface area contributed by atoms with Crippen molar-refractivity contribution in [2.24, 2.45) is 0 Å². The van der Waals surface area contributed by atoms with Gasteiger partial charge in [0.05, 0.1) is 29.2 Å². The number of carbonyl (C=O) groups is 1. The molecule has 8 nitrogen and oxygen atoms in total. The van der Waals surface area contributed by atoms with Crippen molar-refractivity contribution in [3.63, 3.8) is 0 Å². The van der Waals surface area contributed by atoms with Crippen LogP contribution in [0.3, 0.4) is 0 Å². The summed E-state index contributed by atoms with van der Waals surface area (Å²) in [5, 5.41) is 18.9. The summed E-state index contributed by atoms with van der Waals surface area (Å²) in [6, 6.07) is 10.3. The predicted molar refractivity (Wildman–Crippen MR) is 126 cm³/mol. The molecule has 2 heterocycles.